The standard InChI is InChI=1S/C56H45N/c1-55(2)51-15-9-7-13-46(51)36-53(55)43-21-17-39(18-22-43)41-25-30-48(31-26-41)57(50-34-29-38-11-5-6-12-45(38)35-50)49-32-27-42(28-33-49)40-19-23-44(24-20-40)54-37-47-14-8-10-16-52(47)56(54,3)4/h5-37H,1-4H3. The summed E-state index contributed by atoms with van der Waals surface area (Å²) >= 11 is 0. The highest BCUT2D eigenvalue weighted by atomic mass is 15.1. The predicted octanol–water partition coefficient (Wildman–Crippen LogP) is 15.3. The Morgan fingerprint density at radius 3 is 1.11 bits per heavy atom. The van der Waals surface area contributed by atoms with Crippen LogP contribution in [-0.4, -0.2) is 0 Å². The number of benzene rings is 8. The molecule has 1 heteroatoms. The summed E-state index contributed by atoms with van der Waals surface area (Å²) in [6, 6.07) is 69.1. The predicted molar refractivity (Wildman–Crippen MR) is 244 cm³/mol. The largest absolute Gasteiger partial charge is 0.310 e. The molecule has 2 aliphatic carbocycles. The minimum absolute atomic E-state index is 0.0207. The molecule has 274 valence electrons. The number of rotatable bonds is 7. The minimum Gasteiger partial charge on any atom is -0.310 e. The number of fused-ring (bicyclic) bond motifs is 3. The fourth-order valence-electron chi connectivity index (χ4n) is 9.29. The lowest BCUT2D eigenvalue weighted by Crippen LogP contribution is -2.16. The maximum absolute atomic E-state index is 2.37. The molecule has 0 amide bonds. The molecule has 0 bridgehead atoms. The van der Waals surface area contributed by atoms with Crippen molar-refractivity contribution >= 4 is 51.1 Å². The molecule has 0 fully saturated rings. The van der Waals surface area contributed by atoms with Crippen LogP contribution in [0.4, 0.5) is 17.1 Å². The number of anilines is 3. The van der Waals surface area contributed by atoms with E-state index in [1.165, 1.54) is 77.6 Å². The van der Waals surface area contributed by atoms with Crippen LogP contribution in [0.3, 0.4) is 0 Å². The van der Waals surface area contributed by atoms with Crippen molar-refractivity contribution in [3.63, 3.8) is 0 Å². The van der Waals surface area contributed by atoms with Crippen molar-refractivity contribution in [2.24, 2.45) is 0 Å². The first-order valence-electron chi connectivity index (χ1n) is 20.1. The molecular formula is C56H45N. The van der Waals surface area contributed by atoms with Crippen LogP contribution in [0.1, 0.15) is 61.1 Å². The van der Waals surface area contributed by atoms with Gasteiger partial charge in [0.2, 0.25) is 0 Å². The van der Waals surface area contributed by atoms with Crippen LogP contribution in [0.25, 0.3) is 56.3 Å². The number of hydrogen-bond donors (Lipinski definition) is 0. The SMILES string of the molecule is CC1(C)C(c2ccc(-c3ccc(N(c4ccc(-c5ccc(C6=Cc7ccccc7C6(C)C)cc5)cc4)c4ccc5ccccc5c4)cc3)cc2)=Cc2ccccc21. The Kier molecular flexibility index (Phi) is 8.23. The van der Waals surface area contributed by atoms with Gasteiger partial charge >= 0.3 is 0 Å². The van der Waals surface area contributed by atoms with Crippen LogP contribution in [0.5, 0.6) is 0 Å². The van der Waals surface area contributed by atoms with E-state index in [0.717, 1.165) is 17.1 Å². The van der Waals surface area contributed by atoms with Gasteiger partial charge in [0.1, 0.15) is 0 Å². The lowest BCUT2D eigenvalue weighted by molar-refractivity contribution is 0.704. The summed E-state index contributed by atoms with van der Waals surface area (Å²) in [7, 11) is 0. The molecule has 0 saturated heterocycles. The van der Waals surface area contributed by atoms with Crippen molar-refractivity contribution in [2.45, 2.75) is 38.5 Å². The second kappa shape index (κ2) is 13.5. The molecule has 1 nitrogen and oxygen atoms in total. The molecule has 0 heterocycles. The van der Waals surface area contributed by atoms with Crippen LogP contribution >= 0.6 is 0 Å². The highest BCUT2D eigenvalue weighted by Crippen LogP contribution is 2.48. The van der Waals surface area contributed by atoms with Crippen molar-refractivity contribution in [2.75, 3.05) is 4.90 Å². The van der Waals surface area contributed by atoms with Crippen molar-refractivity contribution in [3.8, 4) is 22.3 Å². The second-order valence-electron chi connectivity index (χ2n) is 16.7. The normalized spacial score (nSPS) is 14.8. The van der Waals surface area contributed by atoms with E-state index in [9.17, 15) is 0 Å². The zero-order chi connectivity index (χ0) is 38.7. The third-order valence-electron chi connectivity index (χ3n) is 12.5. The Labute approximate surface area is 336 Å². The van der Waals surface area contributed by atoms with Crippen molar-refractivity contribution < 1.29 is 0 Å². The summed E-state index contributed by atoms with van der Waals surface area (Å²) in [5.74, 6) is 0. The third-order valence-corrected chi connectivity index (χ3v) is 12.5. The number of nitrogens with zero attached hydrogens (tertiary/aromatic N) is 1. The van der Waals surface area contributed by atoms with Gasteiger partial charge in [0.15, 0.2) is 0 Å². The summed E-state index contributed by atoms with van der Waals surface area (Å²) in [6.45, 7) is 9.33. The van der Waals surface area contributed by atoms with E-state index in [4.69, 9.17) is 0 Å². The summed E-state index contributed by atoms with van der Waals surface area (Å²) in [5.41, 5.74) is 18.9. The summed E-state index contributed by atoms with van der Waals surface area (Å²) < 4.78 is 0. The molecule has 0 radical (unpaired) electrons. The average molecular weight is 732 g/mol. The minimum atomic E-state index is -0.0207. The van der Waals surface area contributed by atoms with Gasteiger partial charge in [-0.2, -0.15) is 0 Å². The Balaban J connectivity index is 0.940. The quantitative estimate of drug-likeness (QED) is 0.158. The Bertz CT molecular complexity index is 2690. The zero-order valence-electron chi connectivity index (χ0n) is 33.0. The van der Waals surface area contributed by atoms with E-state index in [1.807, 2.05) is 0 Å². The van der Waals surface area contributed by atoms with Crippen LogP contribution in [0, 0.1) is 0 Å². The van der Waals surface area contributed by atoms with E-state index in [-0.39, 0.29) is 10.8 Å². The van der Waals surface area contributed by atoms with Crippen molar-refractivity contribution in [1.82, 2.24) is 0 Å². The molecule has 57 heavy (non-hydrogen) atoms. The first-order valence-corrected chi connectivity index (χ1v) is 20.1. The lowest BCUT2D eigenvalue weighted by Gasteiger charge is -2.26. The van der Waals surface area contributed by atoms with Gasteiger partial charge in [-0.05, 0) is 126 Å². The Hall–Kier alpha value is -6.70. The molecule has 10 rings (SSSR count). The molecule has 2 aliphatic rings. The van der Waals surface area contributed by atoms with Gasteiger partial charge in [0.05, 0.1) is 0 Å². The van der Waals surface area contributed by atoms with Gasteiger partial charge in [-0.15, -0.1) is 0 Å². The molecular weight excluding hydrogens is 687 g/mol. The van der Waals surface area contributed by atoms with Gasteiger partial charge in [-0.3, -0.25) is 0 Å². The molecule has 8 aromatic carbocycles. The first kappa shape index (κ1) is 34.8. The molecule has 0 unspecified atom stereocenters. The second-order valence-corrected chi connectivity index (χ2v) is 16.7. The Morgan fingerprint density at radius 1 is 0.316 bits per heavy atom. The topological polar surface area (TPSA) is 3.24 Å². The maximum atomic E-state index is 2.37. The molecule has 0 spiro atoms. The molecule has 0 N–H and O–H groups in total. The first-order chi connectivity index (χ1) is 27.7. The van der Waals surface area contributed by atoms with Crippen LogP contribution in [0.2, 0.25) is 0 Å². The molecule has 0 aliphatic heterocycles. The smallest absolute Gasteiger partial charge is 0.0468 e. The van der Waals surface area contributed by atoms with E-state index >= 15 is 0 Å². The molecule has 0 aromatic heterocycles. The van der Waals surface area contributed by atoms with Gasteiger partial charge in [0, 0.05) is 27.9 Å². The fourth-order valence-corrected chi connectivity index (χ4v) is 9.29. The summed E-state index contributed by atoms with van der Waals surface area (Å²) in [5, 5.41) is 2.46. The number of allylic oxidation sites excluding steroid dienone is 2. The van der Waals surface area contributed by atoms with Gasteiger partial charge < -0.3 is 4.90 Å². The van der Waals surface area contributed by atoms with Crippen LogP contribution < -0.4 is 4.90 Å². The van der Waals surface area contributed by atoms with Gasteiger partial charge in [-0.25, -0.2) is 0 Å². The summed E-state index contributed by atoms with van der Waals surface area (Å²) in [4.78, 5) is 2.37. The fraction of sp³-hybridized carbons (Fsp3) is 0.107. The molecule has 0 saturated carbocycles. The van der Waals surface area contributed by atoms with Crippen molar-refractivity contribution in [3.05, 3.63) is 221 Å². The zero-order valence-corrected chi connectivity index (χ0v) is 33.0. The lowest BCUT2D eigenvalue weighted by atomic mass is 9.78. The van der Waals surface area contributed by atoms with E-state index < -0.39 is 0 Å². The van der Waals surface area contributed by atoms with Crippen molar-refractivity contribution in [1.29, 1.82) is 0 Å². The highest BCUT2D eigenvalue weighted by molar-refractivity contribution is 5.96. The third kappa shape index (κ3) is 6.03. The van der Waals surface area contributed by atoms with Crippen LogP contribution in [-0.2, 0) is 10.8 Å². The van der Waals surface area contributed by atoms with E-state index in [1.54, 1.807) is 0 Å². The van der Waals surface area contributed by atoms with E-state index in [0.29, 0.717) is 0 Å². The van der Waals surface area contributed by atoms with Gasteiger partial charge in [-0.1, -0.05) is 179 Å². The maximum Gasteiger partial charge on any atom is 0.0468 e. The average Bonchev–Trinajstić information content (AvgIpc) is 3.69. The summed E-state index contributed by atoms with van der Waals surface area (Å²) in [6.07, 6.45) is 4.72. The van der Waals surface area contributed by atoms with Crippen LogP contribution in [0.15, 0.2) is 188 Å². The Morgan fingerprint density at radius 2 is 0.667 bits per heavy atom. The monoisotopic (exact) mass is 731 g/mol. The molecule has 0 atom stereocenters. The highest BCUT2D eigenvalue weighted by Gasteiger charge is 2.34. The molecule has 8 aromatic rings. The van der Waals surface area contributed by atoms with Gasteiger partial charge in [0.25, 0.3) is 0 Å². The number of hydrogen-bond acceptors (Lipinski definition) is 1. The van der Waals surface area contributed by atoms with E-state index in [2.05, 4.69) is 233 Å².